The average Bonchev–Trinajstić information content (AvgIpc) is 2.59. The summed E-state index contributed by atoms with van der Waals surface area (Å²) < 4.78 is 0. The normalized spacial score (nSPS) is 13.6. The van der Waals surface area contributed by atoms with Crippen molar-refractivity contribution < 1.29 is 0 Å². The van der Waals surface area contributed by atoms with E-state index in [4.69, 9.17) is 0 Å². The molecule has 0 radical (unpaired) electrons. The first-order valence-electron chi connectivity index (χ1n) is 6.61. The smallest absolute Gasteiger partial charge is 0.0931 e. The summed E-state index contributed by atoms with van der Waals surface area (Å²) in [5, 5.41) is 7.00. The van der Waals surface area contributed by atoms with Gasteiger partial charge in [-0.05, 0) is 31.7 Å². The van der Waals surface area contributed by atoms with E-state index in [2.05, 4.69) is 50.3 Å². The standard InChI is InChI=1S/C14H26N2S/c1-10(2)6-13(8-15-11(3)4)7-14-16-12(5)9-17-14/h9-11,13,15H,6-8H2,1-5H3. The van der Waals surface area contributed by atoms with Crippen LogP contribution in [0.2, 0.25) is 0 Å². The van der Waals surface area contributed by atoms with E-state index in [1.165, 1.54) is 11.4 Å². The molecule has 1 aromatic heterocycles. The van der Waals surface area contributed by atoms with Gasteiger partial charge in [0.15, 0.2) is 0 Å². The Hall–Kier alpha value is -0.410. The number of thiazole rings is 1. The van der Waals surface area contributed by atoms with E-state index < -0.39 is 0 Å². The molecule has 1 heterocycles. The SMILES string of the molecule is Cc1csc(CC(CNC(C)C)CC(C)C)n1. The van der Waals surface area contributed by atoms with E-state index in [0.29, 0.717) is 12.0 Å². The first-order chi connectivity index (χ1) is 7.97. The zero-order chi connectivity index (χ0) is 12.8. The van der Waals surface area contributed by atoms with Crippen LogP contribution in [0.25, 0.3) is 0 Å². The molecule has 0 aliphatic rings. The molecular weight excluding hydrogens is 228 g/mol. The van der Waals surface area contributed by atoms with Gasteiger partial charge < -0.3 is 5.32 Å². The van der Waals surface area contributed by atoms with Crippen molar-refractivity contribution in [3.63, 3.8) is 0 Å². The lowest BCUT2D eigenvalue weighted by Gasteiger charge is -2.20. The van der Waals surface area contributed by atoms with Gasteiger partial charge in [-0.15, -0.1) is 11.3 Å². The number of aryl methyl sites for hydroxylation is 1. The first kappa shape index (κ1) is 14.7. The number of nitrogens with zero attached hydrogens (tertiary/aromatic N) is 1. The molecule has 3 heteroatoms. The largest absolute Gasteiger partial charge is 0.314 e. The summed E-state index contributed by atoms with van der Waals surface area (Å²) in [6, 6.07) is 0.572. The quantitative estimate of drug-likeness (QED) is 0.803. The Morgan fingerprint density at radius 3 is 2.47 bits per heavy atom. The Balaban J connectivity index is 2.50. The second-order valence-corrected chi connectivity index (χ2v) is 6.59. The molecule has 17 heavy (non-hydrogen) atoms. The highest BCUT2D eigenvalue weighted by atomic mass is 32.1. The molecule has 0 saturated heterocycles. The first-order valence-corrected chi connectivity index (χ1v) is 7.49. The van der Waals surface area contributed by atoms with Crippen molar-refractivity contribution in [3.05, 3.63) is 16.1 Å². The van der Waals surface area contributed by atoms with Gasteiger partial charge in [-0.3, -0.25) is 0 Å². The van der Waals surface area contributed by atoms with Crippen LogP contribution in [-0.2, 0) is 6.42 Å². The molecule has 0 aliphatic carbocycles. The van der Waals surface area contributed by atoms with Crippen molar-refractivity contribution in [2.75, 3.05) is 6.54 Å². The van der Waals surface area contributed by atoms with E-state index in [0.717, 1.165) is 24.6 Å². The average molecular weight is 254 g/mol. The lowest BCUT2D eigenvalue weighted by Crippen LogP contribution is -2.30. The number of hydrogen-bond acceptors (Lipinski definition) is 3. The molecule has 2 nitrogen and oxygen atoms in total. The maximum atomic E-state index is 4.58. The number of nitrogens with one attached hydrogen (secondary N) is 1. The summed E-state index contributed by atoms with van der Waals surface area (Å²) in [4.78, 5) is 4.58. The van der Waals surface area contributed by atoms with Crippen LogP contribution >= 0.6 is 11.3 Å². The molecule has 98 valence electrons. The molecule has 1 N–H and O–H groups in total. The summed E-state index contributed by atoms with van der Waals surface area (Å²) in [6.45, 7) is 12.2. The molecule has 1 atom stereocenters. The van der Waals surface area contributed by atoms with Crippen molar-refractivity contribution >= 4 is 11.3 Å². The van der Waals surface area contributed by atoms with Gasteiger partial charge in [-0.2, -0.15) is 0 Å². The second kappa shape index (κ2) is 7.12. The topological polar surface area (TPSA) is 24.9 Å². The van der Waals surface area contributed by atoms with Crippen LogP contribution in [0.3, 0.4) is 0 Å². The van der Waals surface area contributed by atoms with Crippen LogP contribution in [0.4, 0.5) is 0 Å². The zero-order valence-corrected chi connectivity index (χ0v) is 12.6. The summed E-state index contributed by atoms with van der Waals surface area (Å²) >= 11 is 1.80. The molecule has 0 spiro atoms. The highest BCUT2D eigenvalue weighted by Crippen LogP contribution is 2.19. The van der Waals surface area contributed by atoms with E-state index in [1.54, 1.807) is 11.3 Å². The van der Waals surface area contributed by atoms with Gasteiger partial charge in [-0.25, -0.2) is 4.98 Å². The Kier molecular flexibility index (Phi) is 6.14. The van der Waals surface area contributed by atoms with E-state index in [1.807, 2.05) is 0 Å². The van der Waals surface area contributed by atoms with Crippen molar-refractivity contribution in [1.82, 2.24) is 10.3 Å². The van der Waals surface area contributed by atoms with E-state index >= 15 is 0 Å². The zero-order valence-electron chi connectivity index (χ0n) is 11.8. The lowest BCUT2D eigenvalue weighted by atomic mass is 9.94. The fourth-order valence-electron chi connectivity index (χ4n) is 2.05. The molecule has 0 saturated carbocycles. The Morgan fingerprint density at radius 2 is 2.00 bits per heavy atom. The summed E-state index contributed by atoms with van der Waals surface area (Å²) in [5.41, 5.74) is 1.16. The summed E-state index contributed by atoms with van der Waals surface area (Å²) in [5.74, 6) is 1.47. The van der Waals surface area contributed by atoms with Crippen LogP contribution in [0.5, 0.6) is 0 Å². The van der Waals surface area contributed by atoms with Gasteiger partial charge >= 0.3 is 0 Å². The molecule has 0 fully saturated rings. The Labute approximate surface area is 110 Å². The minimum atomic E-state index is 0.572. The van der Waals surface area contributed by atoms with Crippen molar-refractivity contribution in [2.45, 2.75) is 53.5 Å². The van der Waals surface area contributed by atoms with Crippen LogP contribution in [0.1, 0.15) is 44.8 Å². The number of hydrogen-bond donors (Lipinski definition) is 1. The van der Waals surface area contributed by atoms with Crippen LogP contribution in [0.15, 0.2) is 5.38 Å². The predicted octanol–water partition coefficient (Wildman–Crippen LogP) is 3.65. The minimum Gasteiger partial charge on any atom is -0.314 e. The van der Waals surface area contributed by atoms with Gasteiger partial charge in [0.05, 0.1) is 5.01 Å². The molecule has 0 bridgehead atoms. The van der Waals surface area contributed by atoms with E-state index in [-0.39, 0.29) is 0 Å². The van der Waals surface area contributed by atoms with Gasteiger partial charge in [0.25, 0.3) is 0 Å². The predicted molar refractivity (Wildman–Crippen MR) is 76.6 cm³/mol. The Bertz CT molecular complexity index is 318. The molecular formula is C14H26N2S. The second-order valence-electron chi connectivity index (χ2n) is 5.65. The van der Waals surface area contributed by atoms with Gasteiger partial charge in [0, 0.05) is 23.5 Å². The number of aromatic nitrogens is 1. The van der Waals surface area contributed by atoms with E-state index in [9.17, 15) is 0 Å². The fraction of sp³-hybridized carbons (Fsp3) is 0.786. The molecule has 1 unspecified atom stereocenters. The molecule has 1 aromatic rings. The van der Waals surface area contributed by atoms with Gasteiger partial charge in [0.1, 0.15) is 0 Å². The van der Waals surface area contributed by atoms with Crippen molar-refractivity contribution in [3.8, 4) is 0 Å². The highest BCUT2D eigenvalue weighted by molar-refractivity contribution is 7.09. The van der Waals surface area contributed by atoms with Gasteiger partial charge in [-0.1, -0.05) is 27.7 Å². The summed E-state index contributed by atoms with van der Waals surface area (Å²) in [7, 11) is 0. The maximum absolute atomic E-state index is 4.58. The lowest BCUT2D eigenvalue weighted by molar-refractivity contribution is 0.372. The van der Waals surface area contributed by atoms with Crippen molar-refractivity contribution in [1.29, 1.82) is 0 Å². The molecule has 1 rings (SSSR count). The van der Waals surface area contributed by atoms with Crippen LogP contribution in [0, 0.1) is 18.8 Å². The monoisotopic (exact) mass is 254 g/mol. The fourth-order valence-corrected chi connectivity index (χ4v) is 2.94. The Morgan fingerprint density at radius 1 is 1.29 bits per heavy atom. The minimum absolute atomic E-state index is 0.572. The third-order valence-corrected chi connectivity index (χ3v) is 3.74. The molecule has 0 amide bonds. The van der Waals surface area contributed by atoms with Crippen molar-refractivity contribution in [2.24, 2.45) is 11.8 Å². The maximum Gasteiger partial charge on any atom is 0.0931 e. The highest BCUT2D eigenvalue weighted by Gasteiger charge is 2.14. The number of rotatable bonds is 7. The van der Waals surface area contributed by atoms with Crippen LogP contribution < -0.4 is 5.32 Å². The molecule has 0 aliphatic heterocycles. The third-order valence-electron chi connectivity index (χ3n) is 2.75. The molecule has 0 aromatic carbocycles. The summed E-state index contributed by atoms with van der Waals surface area (Å²) in [6.07, 6.45) is 2.40. The third kappa shape index (κ3) is 6.18. The van der Waals surface area contributed by atoms with Crippen LogP contribution in [-0.4, -0.2) is 17.6 Å². The van der Waals surface area contributed by atoms with Gasteiger partial charge in [0.2, 0.25) is 0 Å².